The summed E-state index contributed by atoms with van der Waals surface area (Å²) in [5.41, 5.74) is 2.71. The predicted octanol–water partition coefficient (Wildman–Crippen LogP) is 4.56. The minimum absolute atomic E-state index is 0.0226. The minimum Gasteiger partial charge on any atom is -0.449 e. The predicted molar refractivity (Wildman–Crippen MR) is 140 cm³/mol. The van der Waals surface area contributed by atoms with E-state index in [4.69, 9.17) is 4.74 Å². The maximum Gasteiger partial charge on any atom is 0.294 e. The van der Waals surface area contributed by atoms with Gasteiger partial charge in [0.2, 0.25) is 5.91 Å². The van der Waals surface area contributed by atoms with Crippen molar-refractivity contribution < 1.29 is 14.3 Å². The van der Waals surface area contributed by atoms with Gasteiger partial charge in [-0.1, -0.05) is 76.6 Å². The SMILES string of the molecule is O=C(CN1C(=O)C(=Cc2ccccc2Br)Oc2ccccc21)N1CCN(Cc2ccccc2)CC1. The molecule has 6 nitrogen and oxygen atoms in total. The maximum absolute atomic E-state index is 13.4. The first-order valence-corrected chi connectivity index (χ1v) is 12.5. The van der Waals surface area contributed by atoms with Gasteiger partial charge in [-0.05, 0) is 35.4 Å². The van der Waals surface area contributed by atoms with Gasteiger partial charge < -0.3 is 9.64 Å². The summed E-state index contributed by atoms with van der Waals surface area (Å²) in [6.45, 7) is 3.76. The summed E-state index contributed by atoms with van der Waals surface area (Å²) in [4.78, 5) is 32.4. The Labute approximate surface area is 213 Å². The lowest BCUT2D eigenvalue weighted by Gasteiger charge is -2.36. The highest BCUT2D eigenvalue weighted by Gasteiger charge is 2.33. The highest BCUT2D eigenvalue weighted by Crippen LogP contribution is 2.36. The molecule has 3 aromatic rings. The van der Waals surface area contributed by atoms with Gasteiger partial charge in [-0.15, -0.1) is 0 Å². The first-order chi connectivity index (χ1) is 17.1. The standard InChI is InChI=1S/C28H26BrN3O3/c29-23-11-5-4-10-22(23)18-26-28(34)32(24-12-6-7-13-25(24)35-26)20-27(33)31-16-14-30(15-17-31)19-21-8-2-1-3-9-21/h1-13,18H,14-17,19-20H2. The van der Waals surface area contributed by atoms with Gasteiger partial charge >= 0.3 is 0 Å². The Morgan fingerprint density at radius 3 is 2.34 bits per heavy atom. The van der Waals surface area contributed by atoms with Crippen molar-refractivity contribution in [2.75, 3.05) is 37.6 Å². The Morgan fingerprint density at radius 2 is 1.57 bits per heavy atom. The van der Waals surface area contributed by atoms with Crippen molar-refractivity contribution in [3.05, 3.63) is 100 Å². The lowest BCUT2D eigenvalue weighted by molar-refractivity contribution is -0.133. The third kappa shape index (κ3) is 5.31. The molecule has 1 saturated heterocycles. The van der Waals surface area contributed by atoms with E-state index in [0.29, 0.717) is 24.5 Å². The number of nitrogens with zero attached hydrogens (tertiary/aromatic N) is 3. The molecule has 0 saturated carbocycles. The summed E-state index contributed by atoms with van der Waals surface area (Å²) in [6.07, 6.45) is 1.71. The van der Waals surface area contributed by atoms with Gasteiger partial charge in [-0.2, -0.15) is 0 Å². The zero-order valence-electron chi connectivity index (χ0n) is 19.3. The van der Waals surface area contributed by atoms with Gasteiger partial charge in [0, 0.05) is 37.2 Å². The number of halogens is 1. The summed E-state index contributed by atoms with van der Waals surface area (Å²) in [7, 11) is 0. The molecule has 2 amide bonds. The first-order valence-electron chi connectivity index (χ1n) is 11.7. The molecule has 0 N–H and O–H groups in total. The van der Waals surface area contributed by atoms with Crippen molar-refractivity contribution in [1.29, 1.82) is 0 Å². The van der Waals surface area contributed by atoms with Crippen molar-refractivity contribution >= 4 is 39.5 Å². The first kappa shape index (κ1) is 23.3. The van der Waals surface area contributed by atoms with Gasteiger partial charge in [0.25, 0.3) is 5.91 Å². The largest absolute Gasteiger partial charge is 0.449 e. The summed E-state index contributed by atoms with van der Waals surface area (Å²) in [5.74, 6) is 0.368. The number of ether oxygens (including phenoxy) is 1. The molecule has 0 bridgehead atoms. The number of anilines is 1. The smallest absolute Gasteiger partial charge is 0.294 e. The van der Waals surface area contributed by atoms with Crippen LogP contribution in [0.2, 0.25) is 0 Å². The highest BCUT2D eigenvalue weighted by molar-refractivity contribution is 9.10. The summed E-state index contributed by atoms with van der Waals surface area (Å²) >= 11 is 3.52. The van der Waals surface area contributed by atoms with E-state index in [2.05, 4.69) is 33.0 Å². The molecule has 1 fully saturated rings. The van der Waals surface area contributed by atoms with Gasteiger partial charge in [0.05, 0.1) is 5.69 Å². The molecule has 0 radical (unpaired) electrons. The van der Waals surface area contributed by atoms with E-state index < -0.39 is 0 Å². The van der Waals surface area contributed by atoms with Crippen LogP contribution >= 0.6 is 15.9 Å². The van der Waals surface area contributed by atoms with Crippen LogP contribution < -0.4 is 9.64 Å². The number of amides is 2. The fourth-order valence-corrected chi connectivity index (χ4v) is 4.78. The van der Waals surface area contributed by atoms with Crippen LogP contribution in [0.1, 0.15) is 11.1 Å². The monoisotopic (exact) mass is 531 g/mol. The van der Waals surface area contributed by atoms with Crippen molar-refractivity contribution in [1.82, 2.24) is 9.80 Å². The second-order valence-electron chi connectivity index (χ2n) is 8.63. The average Bonchev–Trinajstić information content (AvgIpc) is 2.89. The van der Waals surface area contributed by atoms with Gasteiger partial charge in [-0.3, -0.25) is 19.4 Å². The molecule has 5 rings (SSSR count). The molecule has 0 aliphatic carbocycles. The fourth-order valence-electron chi connectivity index (χ4n) is 4.38. The Balaban J connectivity index is 1.29. The minimum atomic E-state index is -0.324. The molecule has 2 aliphatic rings. The molecule has 2 heterocycles. The molecular formula is C28H26BrN3O3. The number of hydrogen-bond acceptors (Lipinski definition) is 4. The fraction of sp³-hybridized carbons (Fsp3) is 0.214. The zero-order chi connectivity index (χ0) is 24.2. The number of fused-ring (bicyclic) bond motifs is 1. The molecule has 2 aliphatic heterocycles. The van der Waals surface area contributed by atoms with E-state index in [1.54, 1.807) is 6.08 Å². The Hall–Kier alpha value is -3.42. The van der Waals surface area contributed by atoms with Crippen molar-refractivity contribution in [2.24, 2.45) is 0 Å². The van der Waals surface area contributed by atoms with Crippen LogP contribution in [0.5, 0.6) is 5.75 Å². The Kier molecular flexibility index (Phi) is 6.97. The number of benzene rings is 3. The number of rotatable bonds is 5. The quantitative estimate of drug-likeness (QED) is 0.453. The second kappa shape index (κ2) is 10.5. The summed E-state index contributed by atoms with van der Waals surface area (Å²) in [5, 5.41) is 0. The second-order valence-corrected chi connectivity index (χ2v) is 9.49. The number of carbonyl (C=O) groups is 2. The number of para-hydroxylation sites is 2. The van der Waals surface area contributed by atoms with E-state index in [1.165, 1.54) is 10.5 Å². The molecular weight excluding hydrogens is 506 g/mol. The molecule has 0 unspecified atom stereocenters. The molecule has 35 heavy (non-hydrogen) atoms. The van der Waals surface area contributed by atoms with Crippen LogP contribution in [0.3, 0.4) is 0 Å². The van der Waals surface area contributed by atoms with Gasteiger partial charge in [-0.25, -0.2) is 0 Å². The number of piperazine rings is 1. The molecule has 0 aromatic heterocycles. The van der Waals surface area contributed by atoms with Gasteiger partial charge in [0.1, 0.15) is 6.54 Å². The average molecular weight is 532 g/mol. The van der Waals surface area contributed by atoms with Crippen LogP contribution in [-0.2, 0) is 16.1 Å². The topological polar surface area (TPSA) is 53.1 Å². The van der Waals surface area contributed by atoms with Crippen molar-refractivity contribution in [3.8, 4) is 5.75 Å². The molecule has 178 valence electrons. The van der Waals surface area contributed by atoms with Crippen LogP contribution in [0.15, 0.2) is 89.1 Å². The van der Waals surface area contributed by atoms with E-state index in [-0.39, 0.29) is 24.1 Å². The number of hydrogen-bond donors (Lipinski definition) is 0. The Bertz CT molecular complexity index is 1250. The van der Waals surface area contributed by atoms with E-state index in [1.807, 2.05) is 71.6 Å². The molecule has 0 atom stereocenters. The number of carbonyl (C=O) groups excluding carboxylic acids is 2. The van der Waals surface area contributed by atoms with Crippen molar-refractivity contribution in [3.63, 3.8) is 0 Å². The zero-order valence-corrected chi connectivity index (χ0v) is 20.9. The lowest BCUT2D eigenvalue weighted by atomic mass is 10.1. The van der Waals surface area contributed by atoms with Gasteiger partial charge in [0.15, 0.2) is 11.5 Å². The van der Waals surface area contributed by atoms with E-state index >= 15 is 0 Å². The molecule has 7 heteroatoms. The lowest BCUT2D eigenvalue weighted by Crippen LogP contribution is -2.52. The molecule has 0 spiro atoms. The van der Waals surface area contributed by atoms with E-state index in [9.17, 15) is 9.59 Å². The third-order valence-electron chi connectivity index (χ3n) is 6.29. The van der Waals surface area contributed by atoms with Crippen LogP contribution in [0, 0.1) is 0 Å². The third-order valence-corrected chi connectivity index (χ3v) is 7.01. The molecule has 3 aromatic carbocycles. The van der Waals surface area contributed by atoms with Crippen LogP contribution in [-0.4, -0.2) is 54.3 Å². The Morgan fingerprint density at radius 1 is 0.886 bits per heavy atom. The highest BCUT2D eigenvalue weighted by atomic mass is 79.9. The summed E-state index contributed by atoms with van der Waals surface area (Å²) in [6, 6.07) is 25.3. The maximum atomic E-state index is 13.4. The van der Waals surface area contributed by atoms with E-state index in [0.717, 1.165) is 29.7 Å². The van der Waals surface area contributed by atoms with Crippen molar-refractivity contribution in [2.45, 2.75) is 6.54 Å². The van der Waals surface area contributed by atoms with Crippen LogP contribution in [0.4, 0.5) is 5.69 Å². The summed E-state index contributed by atoms with van der Waals surface area (Å²) < 4.78 is 6.81. The normalized spacial score (nSPS) is 17.3. The van der Waals surface area contributed by atoms with Crippen LogP contribution in [0.25, 0.3) is 6.08 Å².